The lowest BCUT2D eigenvalue weighted by molar-refractivity contribution is -0.385. The highest BCUT2D eigenvalue weighted by Gasteiger charge is 2.22. The molecule has 0 radical (unpaired) electrons. The molecular weight excluding hydrogens is 346 g/mol. The van der Waals surface area contributed by atoms with Crippen LogP contribution in [0.5, 0.6) is 0 Å². The van der Waals surface area contributed by atoms with Gasteiger partial charge in [-0.25, -0.2) is 0 Å². The lowest BCUT2D eigenvalue weighted by Crippen LogP contribution is -2.35. The molecule has 0 unspecified atom stereocenters. The van der Waals surface area contributed by atoms with Gasteiger partial charge in [-0.2, -0.15) is 0 Å². The number of para-hydroxylation sites is 1. The first-order valence-corrected chi connectivity index (χ1v) is 8.94. The van der Waals surface area contributed by atoms with Crippen LogP contribution in [0.2, 0.25) is 0 Å². The van der Waals surface area contributed by atoms with Crippen LogP contribution in [0.15, 0.2) is 42.5 Å². The Balaban J connectivity index is 1.59. The zero-order valence-corrected chi connectivity index (χ0v) is 15.3. The van der Waals surface area contributed by atoms with Crippen LogP contribution >= 0.6 is 0 Å². The Labute approximate surface area is 158 Å². The Kier molecular flexibility index (Phi) is 6.16. The van der Waals surface area contributed by atoms with Crippen LogP contribution in [0.25, 0.3) is 0 Å². The van der Waals surface area contributed by atoms with Crippen molar-refractivity contribution < 1.29 is 14.5 Å². The fourth-order valence-electron chi connectivity index (χ4n) is 3.14. The Morgan fingerprint density at radius 3 is 2.48 bits per heavy atom. The summed E-state index contributed by atoms with van der Waals surface area (Å²) in [6.07, 6.45) is 0. The van der Waals surface area contributed by atoms with Crippen molar-refractivity contribution in [3.8, 4) is 0 Å². The lowest BCUT2D eigenvalue weighted by atomic mass is 10.1. The van der Waals surface area contributed by atoms with Gasteiger partial charge in [0.25, 0.3) is 11.6 Å². The van der Waals surface area contributed by atoms with Crippen molar-refractivity contribution in [2.45, 2.75) is 20.0 Å². The number of nitro benzene ring substituents is 1. The average Bonchev–Trinajstić information content (AvgIpc) is 2.67. The van der Waals surface area contributed by atoms with Gasteiger partial charge >= 0.3 is 0 Å². The topological polar surface area (TPSA) is 84.7 Å². The van der Waals surface area contributed by atoms with Crippen LogP contribution in [0.1, 0.15) is 27.0 Å². The van der Waals surface area contributed by atoms with Gasteiger partial charge in [0.2, 0.25) is 0 Å². The SMILES string of the molecule is Cc1cccc(C(=O)NCc2ccc(CN3CCOCC3)cc2)c1[N+](=O)[O-]. The quantitative estimate of drug-likeness (QED) is 0.625. The zero-order chi connectivity index (χ0) is 19.2. The molecule has 0 saturated carbocycles. The number of rotatable bonds is 6. The molecule has 1 aliphatic heterocycles. The third-order valence-corrected chi connectivity index (χ3v) is 4.65. The van der Waals surface area contributed by atoms with E-state index in [0.29, 0.717) is 12.1 Å². The van der Waals surface area contributed by atoms with Gasteiger partial charge in [-0.3, -0.25) is 19.8 Å². The predicted octanol–water partition coefficient (Wildman–Crippen LogP) is 2.67. The molecule has 1 fully saturated rings. The minimum Gasteiger partial charge on any atom is -0.379 e. The van der Waals surface area contributed by atoms with Gasteiger partial charge in [0.1, 0.15) is 5.56 Å². The van der Waals surface area contributed by atoms with Gasteiger partial charge in [0, 0.05) is 31.7 Å². The highest BCUT2D eigenvalue weighted by atomic mass is 16.6. The number of ether oxygens (including phenoxy) is 1. The number of carbonyl (C=O) groups excluding carboxylic acids is 1. The molecule has 2 aromatic rings. The number of nitrogens with one attached hydrogen (secondary N) is 1. The fraction of sp³-hybridized carbons (Fsp3) is 0.350. The molecule has 7 heteroatoms. The van der Waals surface area contributed by atoms with Gasteiger partial charge in [-0.05, 0) is 24.1 Å². The summed E-state index contributed by atoms with van der Waals surface area (Å²) in [6, 6.07) is 12.8. The number of aryl methyl sites for hydroxylation is 1. The van der Waals surface area contributed by atoms with Gasteiger partial charge in [0.15, 0.2) is 0 Å². The van der Waals surface area contributed by atoms with Crippen molar-refractivity contribution in [1.29, 1.82) is 0 Å². The van der Waals surface area contributed by atoms with Crippen molar-refractivity contribution in [3.63, 3.8) is 0 Å². The van der Waals surface area contributed by atoms with Crippen molar-refractivity contribution >= 4 is 11.6 Å². The summed E-state index contributed by atoms with van der Waals surface area (Å²) in [4.78, 5) is 25.5. The van der Waals surface area contributed by atoms with E-state index in [4.69, 9.17) is 4.74 Å². The lowest BCUT2D eigenvalue weighted by Gasteiger charge is -2.26. The van der Waals surface area contributed by atoms with Crippen molar-refractivity contribution in [3.05, 3.63) is 74.8 Å². The molecule has 1 heterocycles. The molecule has 142 valence electrons. The molecule has 27 heavy (non-hydrogen) atoms. The van der Waals surface area contributed by atoms with Crippen LogP contribution in [-0.2, 0) is 17.8 Å². The van der Waals surface area contributed by atoms with Crippen LogP contribution < -0.4 is 5.32 Å². The molecule has 0 aromatic heterocycles. The maximum absolute atomic E-state index is 12.4. The minimum atomic E-state index is -0.509. The number of hydrogen-bond acceptors (Lipinski definition) is 5. The van der Waals surface area contributed by atoms with E-state index in [2.05, 4.69) is 10.2 Å². The number of benzene rings is 2. The summed E-state index contributed by atoms with van der Waals surface area (Å²) in [5.41, 5.74) is 2.57. The summed E-state index contributed by atoms with van der Waals surface area (Å²) in [7, 11) is 0. The molecule has 7 nitrogen and oxygen atoms in total. The molecule has 1 aliphatic rings. The number of morpholine rings is 1. The second-order valence-corrected chi connectivity index (χ2v) is 6.62. The van der Waals surface area contributed by atoms with Crippen LogP contribution in [-0.4, -0.2) is 42.0 Å². The average molecular weight is 369 g/mol. The Bertz CT molecular complexity index is 814. The molecule has 0 spiro atoms. The fourth-order valence-corrected chi connectivity index (χ4v) is 3.14. The summed E-state index contributed by atoms with van der Waals surface area (Å²) < 4.78 is 5.35. The van der Waals surface area contributed by atoms with Crippen LogP contribution in [0.4, 0.5) is 5.69 Å². The predicted molar refractivity (Wildman–Crippen MR) is 102 cm³/mol. The second kappa shape index (κ2) is 8.75. The number of nitrogens with zero attached hydrogens (tertiary/aromatic N) is 2. The van der Waals surface area contributed by atoms with Crippen molar-refractivity contribution in [2.24, 2.45) is 0 Å². The third-order valence-electron chi connectivity index (χ3n) is 4.65. The monoisotopic (exact) mass is 369 g/mol. The highest BCUT2D eigenvalue weighted by Crippen LogP contribution is 2.23. The Morgan fingerprint density at radius 2 is 1.81 bits per heavy atom. The molecule has 2 aromatic carbocycles. The summed E-state index contributed by atoms with van der Waals surface area (Å²) in [6.45, 7) is 6.25. The van der Waals surface area contributed by atoms with Gasteiger partial charge in [-0.1, -0.05) is 36.4 Å². The van der Waals surface area contributed by atoms with E-state index in [1.807, 2.05) is 24.3 Å². The molecule has 3 rings (SSSR count). The number of amides is 1. The van der Waals surface area contributed by atoms with E-state index >= 15 is 0 Å². The molecule has 0 atom stereocenters. The van der Waals surface area contributed by atoms with Crippen LogP contribution in [0.3, 0.4) is 0 Å². The summed E-state index contributed by atoms with van der Waals surface area (Å²) >= 11 is 0. The van der Waals surface area contributed by atoms with E-state index in [1.165, 1.54) is 11.6 Å². The van der Waals surface area contributed by atoms with Crippen molar-refractivity contribution in [1.82, 2.24) is 10.2 Å². The minimum absolute atomic E-state index is 0.0870. The van der Waals surface area contributed by atoms with E-state index in [9.17, 15) is 14.9 Å². The molecule has 0 aliphatic carbocycles. The molecular formula is C20H23N3O4. The van der Waals surface area contributed by atoms with E-state index in [-0.39, 0.29) is 11.3 Å². The summed E-state index contributed by atoms with van der Waals surface area (Å²) in [5.74, 6) is -0.442. The first-order chi connectivity index (χ1) is 13.0. The second-order valence-electron chi connectivity index (χ2n) is 6.62. The highest BCUT2D eigenvalue weighted by molar-refractivity contribution is 5.98. The van der Waals surface area contributed by atoms with Crippen LogP contribution in [0, 0.1) is 17.0 Å². The smallest absolute Gasteiger partial charge is 0.285 e. The molecule has 1 amide bonds. The maximum atomic E-state index is 12.4. The standard InChI is InChI=1S/C20H23N3O4/c1-15-3-2-4-18(19(15)23(25)26)20(24)21-13-16-5-7-17(8-6-16)14-22-9-11-27-12-10-22/h2-8H,9-14H2,1H3,(H,21,24). The zero-order valence-electron chi connectivity index (χ0n) is 15.3. The van der Waals surface area contributed by atoms with Gasteiger partial charge in [-0.15, -0.1) is 0 Å². The normalized spacial score (nSPS) is 14.7. The molecule has 1 N–H and O–H groups in total. The molecule has 1 saturated heterocycles. The van der Waals surface area contributed by atoms with Gasteiger partial charge in [0.05, 0.1) is 18.1 Å². The molecule has 0 bridgehead atoms. The number of carbonyl (C=O) groups is 1. The number of nitro groups is 1. The first-order valence-electron chi connectivity index (χ1n) is 8.94. The van der Waals surface area contributed by atoms with E-state index in [1.54, 1.807) is 19.1 Å². The maximum Gasteiger partial charge on any atom is 0.285 e. The van der Waals surface area contributed by atoms with Crippen molar-refractivity contribution in [2.75, 3.05) is 26.3 Å². The Hall–Kier alpha value is -2.77. The number of hydrogen-bond donors (Lipinski definition) is 1. The Morgan fingerprint density at radius 1 is 1.15 bits per heavy atom. The van der Waals surface area contributed by atoms with Gasteiger partial charge < -0.3 is 10.1 Å². The summed E-state index contributed by atoms with van der Waals surface area (Å²) in [5, 5.41) is 14.0. The van der Waals surface area contributed by atoms with E-state index < -0.39 is 10.8 Å². The largest absolute Gasteiger partial charge is 0.379 e. The first kappa shape index (κ1) is 19.0. The van der Waals surface area contributed by atoms with E-state index in [0.717, 1.165) is 38.4 Å². The third kappa shape index (κ3) is 4.90.